The number of benzene rings is 1. The van der Waals surface area contributed by atoms with E-state index in [1.807, 2.05) is 0 Å². The monoisotopic (exact) mass is 223 g/mol. The average molecular weight is 223 g/mol. The fourth-order valence-electron chi connectivity index (χ4n) is 1.31. The molecule has 4 nitrogen and oxygen atoms in total. The number of hydrogen-bond acceptors (Lipinski definition) is 3. The van der Waals surface area contributed by atoms with Crippen LogP contribution >= 0.6 is 0 Å². The van der Waals surface area contributed by atoms with E-state index in [2.05, 4.69) is 9.97 Å². The van der Waals surface area contributed by atoms with Crippen LogP contribution < -0.4 is 11.3 Å². The molecule has 16 heavy (non-hydrogen) atoms. The first-order valence-electron chi connectivity index (χ1n) is 4.38. The van der Waals surface area contributed by atoms with E-state index >= 15 is 0 Å². The summed E-state index contributed by atoms with van der Waals surface area (Å²) in [7, 11) is 0. The van der Waals surface area contributed by atoms with E-state index < -0.39 is 17.2 Å². The second-order valence-corrected chi connectivity index (χ2v) is 3.14. The van der Waals surface area contributed by atoms with Gasteiger partial charge in [-0.05, 0) is 18.2 Å². The van der Waals surface area contributed by atoms with Crippen molar-refractivity contribution in [1.29, 1.82) is 0 Å². The number of rotatable bonds is 1. The smallest absolute Gasteiger partial charge is 0.252 e. The molecule has 0 saturated heterocycles. The first-order valence-corrected chi connectivity index (χ1v) is 4.38. The van der Waals surface area contributed by atoms with Gasteiger partial charge in [-0.25, -0.2) is 13.8 Å². The molecule has 0 fully saturated rings. The quantitative estimate of drug-likeness (QED) is 0.765. The highest BCUT2D eigenvalue weighted by molar-refractivity contribution is 5.60. The van der Waals surface area contributed by atoms with Gasteiger partial charge in [0.15, 0.2) is 0 Å². The first-order chi connectivity index (χ1) is 7.56. The Bertz CT molecular complexity index is 595. The van der Waals surface area contributed by atoms with E-state index in [0.29, 0.717) is 0 Å². The maximum atomic E-state index is 13.4. The van der Waals surface area contributed by atoms with Crippen LogP contribution in [0, 0.1) is 11.6 Å². The number of halogens is 2. The summed E-state index contributed by atoms with van der Waals surface area (Å²) in [6.07, 6.45) is 0. The Labute approximate surface area is 88.8 Å². The predicted octanol–water partition coefficient (Wildman–Crippen LogP) is 1.30. The molecule has 0 radical (unpaired) electrons. The maximum absolute atomic E-state index is 13.4. The Morgan fingerprint density at radius 3 is 2.69 bits per heavy atom. The van der Waals surface area contributed by atoms with Gasteiger partial charge in [-0.3, -0.25) is 9.78 Å². The lowest BCUT2D eigenvalue weighted by atomic mass is 10.1. The second-order valence-electron chi connectivity index (χ2n) is 3.14. The molecule has 0 unspecified atom stereocenters. The summed E-state index contributed by atoms with van der Waals surface area (Å²) in [5.41, 5.74) is 4.68. The summed E-state index contributed by atoms with van der Waals surface area (Å²) < 4.78 is 26.3. The molecular formula is C10H7F2N3O. The van der Waals surface area contributed by atoms with Crippen LogP contribution in [0.3, 0.4) is 0 Å². The fourth-order valence-corrected chi connectivity index (χ4v) is 1.31. The van der Waals surface area contributed by atoms with E-state index in [4.69, 9.17) is 5.73 Å². The van der Waals surface area contributed by atoms with Gasteiger partial charge in [-0.2, -0.15) is 0 Å². The topological polar surface area (TPSA) is 71.8 Å². The molecule has 1 aromatic carbocycles. The van der Waals surface area contributed by atoms with Crippen molar-refractivity contribution in [2.45, 2.75) is 0 Å². The first kappa shape index (κ1) is 10.3. The third kappa shape index (κ3) is 1.90. The van der Waals surface area contributed by atoms with Crippen molar-refractivity contribution in [2.24, 2.45) is 0 Å². The van der Waals surface area contributed by atoms with Gasteiger partial charge in [-0.15, -0.1) is 0 Å². The van der Waals surface area contributed by atoms with E-state index in [1.54, 1.807) is 0 Å². The summed E-state index contributed by atoms with van der Waals surface area (Å²) in [5.74, 6) is -1.43. The van der Waals surface area contributed by atoms with Crippen molar-refractivity contribution in [3.05, 3.63) is 46.3 Å². The molecule has 6 heteroatoms. The SMILES string of the molecule is Nc1nc(-c2cc(F)ccc2F)cc(=O)[nH]1. The molecule has 1 aromatic heterocycles. The van der Waals surface area contributed by atoms with Crippen LogP contribution in [0.15, 0.2) is 29.1 Å². The Kier molecular flexibility index (Phi) is 2.40. The summed E-state index contributed by atoms with van der Waals surface area (Å²) in [6, 6.07) is 3.95. The summed E-state index contributed by atoms with van der Waals surface area (Å²) in [6.45, 7) is 0. The van der Waals surface area contributed by atoms with E-state index in [1.165, 1.54) is 0 Å². The molecule has 0 atom stereocenters. The Balaban J connectivity index is 2.66. The number of aromatic nitrogens is 2. The number of nitrogens with one attached hydrogen (secondary N) is 1. The average Bonchev–Trinajstić information content (AvgIpc) is 2.20. The van der Waals surface area contributed by atoms with Crippen LogP contribution in [0.5, 0.6) is 0 Å². The summed E-state index contributed by atoms with van der Waals surface area (Å²) >= 11 is 0. The van der Waals surface area contributed by atoms with Crippen molar-refractivity contribution in [1.82, 2.24) is 9.97 Å². The van der Waals surface area contributed by atoms with Gasteiger partial charge >= 0.3 is 0 Å². The number of H-pyrrole nitrogens is 1. The van der Waals surface area contributed by atoms with Gasteiger partial charge in [0.2, 0.25) is 5.95 Å². The normalized spacial score (nSPS) is 10.4. The third-order valence-electron chi connectivity index (χ3n) is 1.96. The summed E-state index contributed by atoms with van der Waals surface area (Å²) in [4.78, 5) is 17.0. The van der Waals surface area contributed by atoms with Crippen LogP contribution in [0.2, 0.25) is 0 Å². The molecule has 3 N–H and O–H groups in total. The molecular weight excluding hydrogens is 216 g/mol. The minimum absolute atomic E-state index is 0.00162. The van der Waals surface area contributed by atoms with Crippen molar-refractivity contribution in [3.8, 4) is 11.3 Å². The fraction of sp³-hybridized carbons (Fsp3) is 0. The zero-order chi connectivity index (χ0) is 11.7. The van der Waals surface area contributed by atoms with Crippen LogP contribution in [-0.2, 0) is 0 Å². The van der Waals surface area contributed by atoms with Crippen molar-refractivity contribution < 1.29 is 8.78 Å². The summed E-state index contributed by atoms with van der Waals surface area (Å²) in [5, 5.41) is 0. The largest absolute Gasteiger partial charge is 0.369 e. The standard InChI is InChI=1S/C10H7F2N3O/c11-5-1-2-7(12)6(3-5)8-4-9(16)15-10(13)14-8/h1-4H,(H3,13,14,15,16). The van der Waals surface area contributed by atoms with E-state index in [0.717, 1.165) is 24.3 Å². The van der Waals surface area contributed by atoms with Crippen molar-refractivity contribution >= 4 is 5.95 Å². The van der Waals surface area contributed by atoms with Gasteiger partial charge in [-0.1, -0.05) is 0 Å². The minimum Gasteiger partial charge on any atom is -0.369 e. The zero-order valence-electron chi connectivity index (χ0n) is 8.00. The number of anilines is 1. The van der Waals surface area contributed by atoms with Crippen LogP contribution in [0.1, 0.15) is 0 Å². The Morgan fingerprint density at radius 2 is 2.00 bits per heavy atom. The molecule has 0 amide bonds. The zero-order valence-corrected chi connectivity index (χ0v) is 8.00. The lowest BCUT2D eigenvalue weighted by Crippen LogP contribution is -2.10. The Morgan fingerprint density at radius 1 is 1.25 bits per heavy atom. The molecule has 0 saturated carbocycles. The molecule has 2 aromatic rings. The van der Waals surface area contributed by atoms with E-state index in [9.17, 15) is 13.6 Å². The molecule has 0 bridgehead atoms. The number of aromatic amines is 1. The van der Waals surface area contributed by atoms with Gasteiger partial charge in [0.25, 0.3) is 5.56 Å². The third-order valence-corrected chi connectivity index (χ3v) is 1.96. The lowest BCUT2D eigenvalue weighted by molar-refractivity contribution is 0.602. The number of nitrogens with two attached hydrogens (primary N) is 1. The highest BCUT2D eigenvalue weighted by Gasteiger charge is 2.09. The maximum Gasteiger partial charge on any atom is 0.252 e. The number of hydrogen-bond donors (Lipinski definition) is 2. The van der Waals surface area contributed by atoms with Gasteiger partial charge in [0, 0.05) is 11.6 Å². The van der Waals surface area contributed by atoms with Gasteiger partial charge < -0.3 is 5.73 Å². The Hall–Kier alpha value is -2.24. The highest BCUT2D eigenvalue weighted by Crippen LogP contribution is 2.20. The molecule has 0 aliphatic carbocycles. The van der Waals surface area contributed by atoms with Gasteiger partial charge in [0.05, 0.1) is 5.69 Å². The molecule has 0 aliphatic rings. The molecule has 2 rings (SSSR count). The second kappa shape index (κ2) is 3.73. The predicted molar refractivity (Wildman–Crippen MR) is 54.6 cm³/mol. The number of nitrogens with zero attached hydrogens (tertiary/aromatic N) is 1. The number of nitrogen functional groups attached to an aromatic ring is 1. The minimum atomic E-state index is -0.668. The van der Waals surface area contributed by atoms with Crippen LogP contribution in [0.4, 0.5) is 14.7 Å². The van der Waals surface area contributed by atoms with Gasteiger partial charge in [0.1, 0.15) is 11.6 Å². The van der Waals surface area contributed by atoms with Crippen molar-refractivity contribution in [2.75, 3.05) is 5.73 Å². The van der Waals surface area contributed by atoms with E-state index in [-0.39, 0.29) is 17.2 Å². The molecule has 0 spiro atoms. The highest BCUT2D eigenvalue weighted by atomic mass is 19.1. The molecule has 1 heterocycles. The molecule has 82 valence electrons. The van der Waals surface area contributed by atoms with Crippen molar-refractivity contribution in [3.63, 3.8) is 0 Å². The lowest BCUT2D eigenvalue weighted by Gasteiger charge is -2.02. The van der Waals surface area contributed by atoms with Crippen LogP contribution in [0.25, 0.3) is 11.3 Å². The molecule has 0 aliphatic heterocycles. The van der Waals surface area contributed by atoms with Crippen LogP contribution in [-0.4, -0.2) is 9.97 Å².